The Balaban J connectivity index is 1.46. The summed E-state index contributed by atoms with van der Waals surface area (Å²) in [5.74, 6) is -0.862. The predicted molar refractivity (Wildman–Crippen MR) is 141 cm³/mol. The lowest BCUT2D eigenvalue weighted by Gasteiger charge is -2.09. The molecule has 194 valence electrons. The summed E-state index contributed by atoms with van der Waals surface area (Å²) >= 11 is 10.3. The molecule has 0 aliphatic carbocycles. The van der Waals surface area contributed by atoms with Crippen LogP contribution < -0.4 is 15.8 Å². The summed E-state index contributed by atoms with van der Waals surface area (Å²) in [6.45, 7) is -0.0362. The zero-order valence-electron chi connectivity index (χ0n) is 19.0. The van der Waals surface area contributed by atoms with Crippen molar-refractivity contribution in [1.29, 1.82) is 0 Å². The Morgan fingerprint density at radius 1 is 1.26 bits per heavy atom. The van der Waals surface area contributed by atoms with E-state index >= 15 is 0 Å². The molecule has 0 aliphatic rings. The zero-order chi connectivity index (χ0) is 27.0. The van der Waals surface area contributed by atoms with Gasteiger partial charge in [-0.2, -0.15) is 5.10 Å². The number of thiophene rings is 1. The van der Waals surface area contributed by atoms with Crippen LogP contribution in [0.25, 0.3) is 21.5 Å². The number of primary amides is 1. The number of halogens is 4. The van der Waals surface area contributed by atoms with Crippen LogP contribution in [0.3, 0.4) is 0 Å². The van der Waals surface area contributed by atoms with Crippen molar-refractivity contribution in [3.8, 4) is 17.1 Å². The number of carbonyl (C=O) groups excluding carboxylic acids is 2. The Morgan fingerprint density at radius 2 is 2.08 bits per heavy atom. The van der Waals surface area contributed by atoms with Crippen molar-refractivity contribution in [3.05, 3.63) is 80.7 Å². The van der Waals surface area contributed by atoms with Gasteiger partial charge in [-0.05, 0) is 42.5 Å². The first-order valence-corrected chi connectivity index (χ1v) is 12.7. The Hall–Kier alpha value is -3.81. The topological polar surface area (TPSA) is 125 Å². The highest BCUT2D eigenvalue weighted by Gasteiger charge is 2.26. The fourth-order valence-electron chi connectivity index (χ4n) is 3.61. The Morgan fingerprint density at radius 3 is 2.76 bits per heavy atom. The van der Waals surface area contributed by atoms with E-state index in [9.17, 15) is 18.4 Å². The molecule has 9 nitrogen and oxygen atoms in total. The van der Waals surface area contributed by atoms with Gasteiger partial charge >= 0.3 is 0 Å². The fraction of sp³-hybridized carbons (Fsp3) is 0.0833. The molecule has 0 unspecified atom stereocenters. The normalized spacial score (nSPS) is 11.3. The van der Waals surface area contributed by atoms with Gasteiger partial charge < -0.3 is 20.2 Å². The number of nitrogens with zero attached hydrogens (tertiary/aromatic N) is 3. The molecule has 38 heavy (non-hydrogen) atoms. The quantitative estimate of drug-likeness (QED) is 0.204. The van der Waals surface area contributed by atoms with Crippen LogP contribution in [0.2, 0.25) is 5.02 Å². The third-order valence-electron chi connectivity index (χ3n) is 5.27. The summed E-state index contributed by atoms with van der Waals surface area (Å²) in [6, 6.07) is 10.9. The second kappa shape index (κ2) is 10.5. The Kier molecular flexibility index (Phi) is 7.15. The Bertz CT molecular complexity index is 1670. The maximum atomic E-state index is 13.5. The fourth-order valence-corrected chi connectivity index (χ4v) is 5.35. The molecule has 5 rings (SSSR count). The third-order valence-corrected chi connectivity index (χ3v) is 7.16. The van der Waals surface area contributed by atoms with Crippen molar-refractivity contribution in [1.82, 2.24) is 14.8 Å². The van der Waals surface area contributed by atoms with Gasteiger partial charge in [-0.15, -0.1) is 11.3 Å². The average Bonchev–Trinajstić information content (AvgIpc) is 3.63. The summed E-state index contributed by atoms with van der Waals surface area (Å²) in [6.07, 6.45) is 0.0239. The molecule has 0 saturated heterocycles. The summed E-state index contributed by atoms with van der Waals surface area (Å²) < 4.78 is 40.3. The number of anilines is 1. The van der Waals surface area contributed by atoms with Crippen molar-refractivity contribution in [2.75, 3.05) is 5.32 Å². The highest BCUT2D eigenvalue weighted by Crippen LogP contribution is 2.42. The largest absolute Gasteiger partial charge is 0.470 e. The smallest absolute Gasteiger partial charge is 0.280 e. The van der Waals surface area contributed by atoms with Gasteiger partial charge in [0.2, 0.25) is 0 Å². The SMILES string of the molecule is NC(=O)c1sc2nc(C(F)F)cc(-c3ccco3)c2c1NC(=O)c1ccn(COc2ccc(Br)cc2Cl)n1. The van der Waals surface area contributed by atoms with Crippen molar-refractivity contribution in [2.24, 2.45) is 5.73 Å². The molecule has 1 aromatic carbocycles. The van der Waals surface area contributed by atoms with Gasteiger partial charge in [-0.25, -0.2) is 18.4 Å². The van der Waals surface area contributed by atoms with Crippen LogP contribution in [0, 0.1) is 0 Å². The number of hydrogen-bond acceptors (Lipinski definition) is 7. The molecule has 5 aromatic rings. The van der Waals surface area contributed by atoms with Gasteiger partial charge in [-0.3, -0.25) is 9.59 Å². The number of ether oxygens (including phenoxy) is 1. The second-order valence-electron chi connectivity index (χ2n) is 7.77. The minimum Gasteiger partial charge on any atom is -0.470 e. The number of furan rings is 1. The van der Waals surface area contributed by atoms with Crippen LogP contribution in [0.4, 0.5) is 14.5 Å². The van der Waals surface area contributed by atoms with Crippen LogP contribution in [0.1, 0.15) is 32.3 Å². The first kappa shape index (κ1) is 25.8. The number of nitrogens with one attached hydrogen (secondary N) is 1. The number of carbonyl (C=O) groups is 2. The summed E-state index contributed by atoms with van der Waals surface area (Å²) in [4.78, 5) is 29.3. The predicted octanol–water partition coefficient (Wildman–Crippen LogP) is 6.49. The lowest BCUT2D eigenvalue weighted by Crippen LogP contribution is -2.17. The van der Waals surface area contributed by atoms with Crippen LogP contribution >= 0.6 is 38.9 Å². The van der Waals surface area contributed by atoms with Crippen molar-refractivity contribution in [3.63, 3.8) is 0 Å². The minimum atomic E-state index is -2.87. The van der Waals surface area contributed by atoms with Crippen LogP contribution in [-0.2, 0) is 6.73 Å². The summed E-state index contributed by atoms with van der Waals surface area (Å²) in [5, 5.41) is 7.47. The monoisotopic (exact) mass is 621 g/mol. The second-order valence-corrected chi connectivity index (χ2v) is 10.1. The van der Waals surface area contributed by atoms with Crippen molar-refractivity contribution < 1.29 is 27.5 Å². The molecule has 3 N–H and O–H groups in total. The molecular weight excluding hydrogens is 608 g/mol. The van der Waals surface area contributed by atoms with Gasteiger partial charge in [0.1, 0.15) is 26.9 Å². The van der Waals surface area contributed by atoms with E-state index in [2.05, 4.69) is 31.3 Å². The maximum absolute atomic E-state index is 13.5. The van der Waals surface area contributed by atoms with E-state index in [1.165, 1.54) is 23.2 Å². The number of nitrogens with two attached hydrogens (primary N) is 1. The lowest BCUT2D eigenvalue weighted by atomic mass is 10.1. The van der Waals surface area contributed by atoms with E-state index in [4.69, 9.17) is 26.5 Å². The number of hydrogen-bond donors (Lipinski definition) is 2. The first-order chi connectivity index (χ1) is 18.2. The van der Waals surface area contributed by atoms with Gasteiger partial charge in [0, 0.05) is 21.6 Å². The minimum absolute atomic E-state index is 0.00184. The van der Waals surface area contributed by atoms with Gasteiger partial charge in [0.25, 0.3) is 18.2 Å². The van der Waals surface area contributed by atoms with Crippen LogP contribution in [-0.4, -0.2) is 26.6 Å². The molecule has 0 fully saturated rings. The number of aromatic nitrogens is 3. The van der Waals surface area contributed by atoms with Crippen molar-refractivity contribution >= 4 is 66.6 Å². The highest BCUT2D eigenvalue weighted by molar-refractivity contribution is 9.10. The molecule has 0 spiro atoms. The van der Waals surface area contributed by atoms with E-state index in [0.29, 0.717) is 10.8 Å². The van der Waals surface area contributed by atoms with E-state index < -0.39 is 23.9 Å². The van der Waals surface area contributed by atoms with Crippen molar-refractivity contribution in [2.45, 2.75) is 13.2 Å². The molecule has 0 radical (unpaired) electrons. The third kappa shape index (κ3) is 5.12. The number of alkyl halides is 2. The average molecular weight is 623 g/mol. The molecule has 4 heterocycles. The van der Waals surface area contributed by atoms with Gasteiger partial charge in [-0.1, -0.05) is 27.5 Å². The number of rotatable bonds is 8. The maximum Gasteiger partial charge on any atom is 0.280 e. The lowest BCUT2D eigenvalue weighted by molar-refractivity contribution is 0.100. The van der Waals surface area contributed by atoms with Gasteiger partial charge in [0.05, 0.1) is 17.0 Å². The highest BCUT2D eigenvalue weighted by atomic mass is 79.9. The molecule has 14 heteroatoms. The molecule has 0 atom stereocenters. The molecule has 4 aromatic heterocycles. The molecule has 2 amide bonds. The summed E-state index contributed by atoms with van der Waals surface area (Å²) in [7, 11) is 0. The Labute approximate surface area is 230 Å². The first-order valence-electron chi connectivity index (χ1n) is 10.7. The molecule has 0 saturated carbocycles. The number of fused-ring (bicyclic) bond motifs is 1. The summed E-state index contributed by atoms with van der Waals surface area (Å²) in [5.41, 5.74) is 5.29. The zero-order valence-corrected chi connectivity index (χ0v) is 22.1. The molecule has 0 bridgehead atoms. The van der Waals surface area contributed by atoms with E-state index in [-0.39, 0.29) is 44.5 Å². The van der Waals surface area contributed by atoms with Crippen LogP contribution in [0.5, 0.6) is 5.75 Å². The van der Waals surface area contributed by atoms with Gasteiger partial charge in [0.15, 0.2) is 12.4 Å². The standard InChI is InChI=1S/C24H15BrClF2N5O4S/c25-11-3-4-17(13(26)8-11)37-10-33-6-5-14(32-33)23(35)31-19-18-12(16-2-1-7-36-16)9-15(21(27)28)30-24(18)38-20(19)22(29)34/h1-9,21H,10H2,(H2,29,34)(H,31,35). The van der Waals surface area contributed by atoms with E-state index in [1.54, 1.807) is 30.3 Å². The molecule has 0 aliphatic heterocycles. The number of pyridine rings is 1. The van der Waals surface area contributed by atoms with Crippen LogP contribution in [0.15, 0.2) is 63.8 Å². The van der Waals surface area contributed by atoms with E-state index in [1.807, 2.05) is 0 Å². The molecular formula is C24H15BrClF2N5O4S. The number of benzene rings is 1. The number of amides is 2. The van der Waals surface area contributed by atoms with E-state index in [0.717, 1.165) is 21.9 Å².